The van der Waals surface area contributed by atoms with Crippen LogP contribution in [-0.2, 0) is 33.9 Å². The second-order valence-electron chi connectivity index (χ2n) is 6.68. The Bertz CT molecular complexity index is 946. The molecule has 0 heterocycles. The SMILES string of the molecule is O=C(NC(Cc1ccc(I)cc1)C(=O)OCc1ccccc1)OCc1ccccc1. The molecule has 1 amide bonds. The van der Waals surface area contributed by atoms with Crippen molar-refractivity contribution in [1.29, 1.82) is 0 Å². The minimum Gasteiger partial charge on any atom is -0.459 e. The van der Waals surface area contributed by atoms with Crippen LogP contribution >= 0.6 is 22.6 Å². The highest BCUT2D eigenvalue weighted by molar-refractivity contribution is 14.1. The van der Waals surface area contributed by atoms with E-state index in [0.29, 0.717) is 6.42 Å². The van der Waals surface area contributed by atoms with Crippen LogP contribution in [0.2, 0.25) is 0 Å². The first kappa shape index (κ1) is 21.8. The van der Waals surface area contributed by atoms with Crippen molar-refractivity contribution in [2.75, 3.05) is 0 Å². The average molecular weight is 515 g/mol. The predicted octanol–water partition coefficient (Wildman–Crippen LogP) is 4.87. The third-order valence-electron chi connectivity index (χ3n) is 4.37. The maximum absolute atomic E-state index is 12.7. The van der Waals surface area contributed by atoms with Crippen molar-refractivity contribution in [2.24, 2.45) is 0 Å². The average Bonchev–Trinajstić information content (AvgIpc) is 2.78. The highest BCUT2D eigenvalue weighted by Crippen LogP contribution is 2.11. The molecule has 1 atom stereocenters. The zero-order chi connectivity index (χ0) is 21.2. The highest BCUT2D eigenvalue weighted by Gasteiger charge is 2.23. The smallest absolute Gasteiger partial charge is 0.408 e. The lowest BCUT2D eigenvalue weighted by Gasteiger charge is -2.18. The Morgan fingerprint density at radius 2 is 1.27 bits per heavy atom. The van der Waals surface area contributed by atoms with E-state index in [-0.39, 0.29) is 13.2 Å². The van der Waals surface area contributed by atoms with Crippen LogP contribution in [0.15, 0.2) is 84.9 Å². The van der Waals surface area contributed by atoms with Gasteiger partial charge in [-0.3, -0.25) is 0 Å². The molecule has 0 bridgehead atoms. The zero-order valence-electron chi connectivity index (χ0n) is 16.3. The van der Waals surface area contributed by atoms with E-state index in [1.54, 1.807) is 0 Å². The molecular weight excluding hydrogens is 493 g/mol. The quantitative estimate of drug-likeness (QED) is 0.344. The fraction of sp³-hybridized carbons (Fsp3) is 0.167. The van der Waals surface area contributed by atoms with Crippen LogP contribution in [-0.4, -0.2) is 18.1 Å². The molecule has 5 nitrogen and oxygen atoms in total. The number of rotatable bonds is 8. The molecule has 3 rings (SSSR count). The summed E-state index contributed by atoms with van der Waals surface area (Å²) in [5, 5.41) is 2.65. The lowest BCUT2D eigenvalue weighted by atomic mass is 10.1. The molecule has 1 unspecified atom stereocenters. The molecule has 6 heteroatoms. The van der Waals surface area contributed by atoms with Gasteiger partial charge in [-0.15, -0.1) is 0 Å². The predicted molar refractivity (Wildman–Crippen MR) is 123 cm³/mol. The number of carbonyl (C=O) groups excluding carboxylic acids is 2. The first-order valence-electron chi connectivity index (χ1n) is 9.52. The molecule has 0 spiro atoms. The van der Waals surface area contributed by atoms with Crippen molar-refractivity contribution >= 4 is 34.7 Å². The Morgan fingerprint density at radius 1 is 0.733 bits per heavy atom. The van der Waals surface area contributed by atoms with Gasteiger partial charge in [0.2, 0.25) is 0 Å². The van der Waals surface area contributed by atoms with E-state index < -0.39 is 18.1 Å². The number of ether oxygens (including phenoxy) is 2. The van der Waals surface area contributed by atoms with Gasteiger partial charge in [0, 0.05) is 9.99 Å². The van der Waals surface area contributed by atoms with E-state index >= 15 is 0 Å². The second-order valence-corrected chi connectivity index (χ2v) is 7.93. The normalized spacial score (nSPS) is 11.4. The Labute approximate surface area is 189 Å². The summed E-state index contributed by atoms with van der Waals surface area (Å²) in [6.07, 6.45) is -0.351. The van der Waals surface area contributed by atoms with Gasteiger partial charge in [-0.2, -0.15) is 0 Å². The van der Waals surface area contributed by atoms with Gasteiger partial charge in [-0.05, 0) is 51.4 Å². The van der Waals surface area contributed by atoms with Crippen LogP contribution in [0.5, 0.6) is 0 Å². The minimum absolute atomic E-state index is 0.127. The van der Waals surface area contributed by atoms with Crippen LogP contribution in [0.3, 0.4) is 0 Å². The molecule has 0 aliphatic heterocycles. The van der Waals surface area contributed by atoms with Crippen molar-refractivity contribution < 1.29 is 19.1 Å². The van der Waals surface area contributed by atoms with Crippen molar-refractivity contribution in [3.63, 3.8) is 0 Å². The Balaban J connectivity index is 1.62. The maximum Gasteiger partial charge on any atom is 0.408 e. The molecule has 0 radical (unpaired) electrons. The van der Waals surface area contributed by atoms with E-state index in [9.17, 15) is 9.59 Å². The summed E-state index contributed by atoms with van der Waals surface area (Å²) in [4.78, 5) is 25.0. The lowest BCUT2D eigenvalue weighted by Crippen LogP contribution is -2.43. The molecular formula is C24H22INO4. The number of esters is 1. The summed E-state index contributed by atoms with van der Waals surface area (Å²) in [5.41, 5.74) is 2.67. The van der Waals surface area contributed by atoms with Crippen molar-refractivity contribution in [3.05, 3.63) is 105 Å². The monoisotopic (exact) mass is 515 g/mol. The van der Waals surface area contributed by atoms with E-state index in [1.165, 1.54) is 0 Å². The molecule has 0 aromatic heterocycles. The lowest BCUT2D eigenvalue weighted by molar-refractivity contribution is -0.147. The molecule has 3 aromatic carbocycles. The number of carbonyl (C=O) groups is 2. The van der Waals surface area contributed by atoms with Crippen LogP contribution in [0.25, 0.3) is 0 Å². The van der Waals surface area contributed by atoms with Crippen LogP contribution < -0.4 is 5.32 Å². The van der Waals surface area contributed by atoms with Gasteiger partial charge in [0.05, 0.1) is 0 Å². The van der Waals surface area contributed by atoms with Gasteiger partial charge in [0.15, 0.2) is 0 Å². The van der Waals surface area contributed by atoms with E-state index in [4.69, 9.17) is 9.47 Å². The maximum atomic E-state index is 12.7. The summed E-state index contributed by atoms with van der Waals surface area (Å²) < 4.78 is 11.8. The van der Waals surface area contributed by atoms with Gasteiger partial charge in [0.1, 0.15) is 19.3 Å². The third-order valence-corrected chi connectivity index (χ3v) is 5.09. The van der Waals surface area contributed by atoms with Crippen LogP contribution in [0.4, 0.5) is 4.79 Å². The third kappa shape index (κ3) is 7.18. The van der Waals surface area contributed by atoms with Crippen LogP contribution in [0.1, 0.15) is 16.7 Å². The highest BCUT2D eigenvalue weighted by atomic mass is 127. The van der Waals surface area contributed by atoms with E-state index in [2.05, 4.69) is 27.9 Å². The van der Waals surface area contributed by atoms with E-state index in [1.807, 2.05) is 84.9 Å². The molecule has 3 aromatic rings. The standard InChI is InChI=1S/C24H22INO4/c25-21-13-11-18(12-14-21)15-22(23(27)29-16-19-7-3-1-4-8-19)26-24(28)30-17-20-9-5-2-6-10-20/h1-14,22H,15-17H2,(H,26,28). The molecule has 0 saturated heterocycles. The van der Waals surface area contributed by atoms with Crippen LogP contribution in [0, 0.1) is 3.57 Å². The number of halogens is 1. The largest absolute Gasteiger partial charge is 0.459 e. The fourth-order valence-electron chi connectivity index (χ4n) is 2.79. The molecule has 154 valence electrons. The first-order valence-corrected chi connectivity index (χ1v) is 10.6. The summed E-state index contributed by atoms with van der Waals surface area (Å²) in [7, 11) is 0. The zero-order valence-corrected chi connectivity index (χ0v) is 18.5. The minimum atomic E-state index is -0.850. The first-order chi connectivity index (χ1) is 14.6. The van der Waals surface area contributed by atoms with Gasteiger partial charge in [0.25, 0.3) is 0 Å². The van der Waals surface area contributed by atoms with Gasteiger partial charge < -0.3 is 14.8 Å². The van der Waals surface area contributed by atoms with Crippen molar-refractivity contribution in [2.45, 2.75) is 25.7 Å². The Morgan fingerprint density at radius 3 is 1.83 bits per heavy atom. The summed E-state index contributed by atoms with van der Waals surface area (Å²) >= 11 is 2.22. The number of amides is 1. The number of hydrogen-bond donors (Lipinski definition) is 1. The Hall–Kier alpha value is -2.87. The van der Waals surface area contributed by atoms with Crippen molar-refractivity contribution in [3.8, 4) is 0 Å². The fourth-order valence-corrected chi connectivity index (χ4v) is 3.15. The number of nitrogens with one attached hydrogen (secondary N) is 1. The molecule has 0 aliphatic carbocycles. The second kappa shape index (κ2) is 11.3. The molecule has 1 N–H and O–H groups in total. The summed E-state index contributed by atoms with van der Waals surface area (Å²) in [6.45, 7) is 0.269. The molecule has 30 heavy (non-hydrogen) atoms. The van der Waals surface area contributed by atoms with Crippen molar-refractivity contribution in [1.82, 2.24) is 5.32 Å². The summed E-state index contributed by atoms with van der Waals surface area (Å²) in [5.74, 6) is -0.505. The van der Waals surface area contributed by atoms with Gasteiger partial charge in [-0.25, -0.2) is 9.59 Å². The molecule has 0 saturated carbocycles. The number of benzene rings is 3. The topological polar surface area (TPSA) is 64.6 Å². The number of hydrogen-bond acceptors (Lipinski definition) is 4. The summed E-state index contributed by atoms with van der Waals surface area (Å²) in [6, 6.07) is 25.7. The van der Waals surface area contributed by atoms with Gasteiger partial charge >= 0.3 is 12.1 Å². The Kier molecular flexibility index (Phi) is 8.26. The molecule has 0 fully saturated rings. The number of alkyl carbamates (subject to hydrolysis) is 1. The van der Waals surface area contributed by atoms with Gasteiger partial charge in [-0.1, -0.05) is 72.8 Å². The molecule has 0 aliphatic rings. The van der Waals surface area contributed by atoms with E-state index in [0.717, 1.165) is 20.3 Å².